The van der Waals surface area contributed by atoms with Gasteiger partial charge in [-0.2, -0.15) is 13.9 Å². The fourth-order valence-corrected chi connectivity index (χ4v) is 7.09. The molecule has 0 aliphatic carbocycles. The number of rotatable bonds is 12. The highest BCUT2D eigenvalue weighted by Gasteiger charge is 2.51. The van der Waals surface area contributed by atoms with E-state index in [1.807, 2.05) is 60.6 Å². The van der Waals surface area contributed by atoms with E-state index in [-0.39, 0.29) is 25.0 Å². The van der Waals surface area contributed by atoms with Gasteiger partial charge in [0.25, 0.3) is 0 Å². The Hall–Kier alpha value is -0.360. The lowest BCUT2D eigenvalue weighted by Crippen LogP contribution is -2.33. The molecule has 0 heterocycles. The lowest BCUT2D eigenvalue weighted by Gasteiger charge is -2.32. The molecule has 0 radical (unpaired) electrons. The van der Waals surface area contributed by atoms with Crippen molar-refractivity contribution in [3.8, 4) is 0 Å². The number of benzene rings is 1. The molecule has 0 amide bonds. The van der Waals surface area contributed by atoms with Crippen LogP contribution in [-0.2, 0) is 34.2 Å². The third-order valence-corrected chi connectivity index (χ3v) is 8.91. The summed E-state index contributed by atoms with van der Waals surface area (Å²) in [6.07, 6.45) is -0.0841. The Labute approximate surface area is 182 Å². The van der Waals surface area contributed by atoms with Gasteiger partial charge in [0.15, 0.2) is 5.30 Å². The van der Waals surface area contributed by atoms with E-state index in [1.165, 1.54) is 14.2 Å². The number of hydrogen-bond acceptors (Lipinski definition) is 7. The molecule has 0 atom stereocenters. The van der Waals surface area contributed by atoms with Crippen LogP contribution in [0, 0.1) is 6.92 Å². The molecule has 0 saturated heterocycles. The van der Waals surface area contributed by atoms with E-state index in [9.17, 15) is 14.6 Å². The first-order valence-corrected chi connectivity index (χ1v) is 13.5. The molecule has 2 N–H and O–H groups in total. The molecule has 1 aromatic carbocycles. The predicted molar refractivity (Wildman–Crippen MR) is 122 cm³/mol. The van der Waals surface area contributed by atoms with Crippen LogP contribution in [0.2, 0.25) is 0 Å². The predicted octanol–water partition coefficient (Wildman–Crippen LogP) is 4.87. The minimum atomic E-state index is -3.48. The molecule has 0 unspecified atom stereocenters. The summed E-state index contributed by atoms with van der Waals surface area (Å²) < 4.78 is 35.3. The van der Waals surface area contributed by atoms with Gasteiger partial charge in [-0.3, -0.25) is 4.57 Å². The average molecular weight is 465 g/mol. The SMILES string of the molecule is COP(=O)(Cc1cc(C)cc([P+](O)(OC(C)C)OC(C)C)c1C(C)(C)CCO)OC. The molecular weight excluding hydrogens is 426 g/mol. The van der Waals surface area contributed by atoms with E-state index in [0.29, 0.717) is 17.3 Å². The quantitative estimate of drug-likeness (QED) is 0.425. The Morgan fingerprint density at radius 2 is 1.57 bits per heavy atom. The van der Waals surface area contributed by atoms with E-state index in [4.69, 9.17) is 18.1 Å². The summed E-state index contributed by atoms with van der Waals surface area (Å²) in [7, 11) is -4.15. The molecule has 7 nitrogen and oxygen atoms in total. The third kappa shape index (κ3) is 7.08. The second kappa shape index (κ2) is 11.0. The summed E-state index contributed by atoms with van der Waals surface area (Å²) in [5.41, 5.74) is 1.76. The molecule has 0 bridgehead atoms. The standard InChI is InChI=1S/C21H39O7P2/c1-15(2)27-30(24,28-16(3)4)19-13-17(5)12-18(14-29(23,25-8)26-9)20(19)21(6,7)10-11-22/h12-13,15-16,22,24H,10-11,14H2,1-9H3/q+1. The Morgan fingerprint density at radius 1 is 1.07 bits per heavy atom. The zero-order chi connectivity index (χ0) is 23.3. The lowest BCUT2D eigenvalue weighted by molar-refractivity contribution is 0.126. The summed E-state index contributed by atoms with van der Waals surface area (Å²) in [5, 5.41) is 10.2. The van der Waals surface area contributed by atoms with Crippen molar-refractivity contribution in [2.45, 2.75) is 78.7 Å². The molecule has 0 spiro atoms. The lowest BCUT2D eigenvalue weighted by atomic mass is 9.79. The van der Waals surface area contributed by atoms with Crippen molar-refractivity contribution in [1.29, 1.82) is 0 Å². The van der Waals surface area contributed by atoms with Gasteiger partial charge in [-0.25, -0.2) is 0 Å². The Bertz CT molecular complexity index is 729. The smallest absolute Gasteiger partial charge is 0.396 e. The van der Waals surface area contributed by atoms with Gasteiger partial charge in [-0.15, -0.1) is 0 Å². The monoisotopic (exact) mass is 465 g/mol. The van der Waals surface area contributed by atoms with Gasteiger partial charge in [0, 0.05) is 26.4 Å². The second-order valence-corrected chi connectivity index (χ2v) is 12.9. The minimum Gasteiger partial charge on any atom is -0.396 e. The van der Waals surface area contributed by atoms with Crippen LogP contribution in [0.4, 0.5) is 0 Å². The van der Waals surface area contributed by atoms with Crippen molar-refractivity contribution in [2.24, 2.45) is 0 Å². The molecule has 174 valence electrons. The average Bonchev–Trinajstić information content (AvgIpc) is 2.59. The number of hydrogen-bond donors (Lipinski definition) is 2. The first kappa shape index (κ1) is 27.7. The van der Waals surface area contributed by atoms with Gasteiger partial charge in [-0.1, -0.05) is 19.9 Å². The zero-order valence-electron chi connectivity index (χ0n) is 19.8. The first-order valence-electron chi connectivity index (χ1n) is 10.2. The van der Waals surface area contributed by atoms with E-state index in [2.05, 4.69) is 0 Å². The van der Waals surface area contributed by atoms with Crippen LogP contribution < -0.4 is 5.30 Å². The normalized spacial score (nSPS) is 13.5. The van der Waals surface area contributed by atoms with Crippen molar-refractivity contribution >= 4 is 20.8 Å². The van der Waals surface area contributed by atoms with Crippen LogP contribution in [0.3, 0.4) is 0 Å². The Balaban J connectivity index is 3.89. The summed E-state index contributed by atoms with van der Waals surface area (Å²) in [6, 6.07) is 3.78. The van der Waals surface area contributed by atoms with E-state index in [0.717, 1.165) is 11.1 Å². The summed E-state index contributed by atoms with van der Waals surface area (Å²) in [5.74, 6) is 0. The van der Waals surface area contributed by atoms with Gasteiger partial charge in [-0.05, 0) is 63.6 Å². The van der Waals surface area contributed by atoms with Gasteiger partial charge in [0.05, 0.1) is 6.16 Å². The highest BCUT2D eigenvalue weighted by molar-refractivity contribution is 7.68. The molecule has 0 fully saturated rings. The largest absolute Gasteiger partial charge is 0.446 e. The molecule has 1 aromatic rings. The zero-order valence-corrected chi connectivity index (χ0v) is 21.5. The highest BCUT2D eigenvalue weighted by Crippen LogP contribution is 2.60. The topological polar surface area (TPSA) is 94.5 Å². The van der Waals surface area contributed by atoms with Gasteiger partial charge in [0.1, 0.15) is 12.2 Å². The van der Waals surface area contributed by atoms with Crippen molar-refractivity contribution in [2.75, 3.05) is 20.8 Å². The van der Waals surface area contributed by atoms with Crippen molar-refractivity contribution in [3.05, 3.63) is 28.8 Å². The maximum Gasteiger partial charge on any atom is 0.446 e. The summed E-state index contributed by atoms with van der Waals surface area (Å²) in [4.78, 5) is 11.7. The van der Waals surface area contributed by atoms with Crippen LogP contribution in [0.15, 0.2) is 12.1 Å². The fraction of sp³-hybridized carbons (Fsp3) is 0.714. The molecular formula is C21H39O7P2+. The van der Waals surface area contributed by atoms with Crippen molar-refractivity contribution in [1.82, 2.24) is 0 Å². The van der Waals surface area contributed by atoms with Crippen LogP contribution >= 0.6 is 15.5 Å². The van der Waals surface area contributed by atoms with Gasteiger partial charge < -0.3 is 14.2 Å². The Kier molecular flexibility index (Phi) is 10.1. The maximum absolute atomic E-state index is 13.0. The van der Waals surface area contributed by atoms with Crippen LogP contribution in [-0.4, -0.2) is 43.0 Å². The van der Waals surface area contributed by atoms with Crippen molar-refractivity contribution < 1.29 is 32.7 Å². The van der Waals surface area contributed by atoms with E-state index < -0.39 is 21.0 Å². The number of aliphatic hydroxyl groups is 1. The highest BCUT2D eigenvalue weighted by atomic mass is 31.2. The number of aliphatic hydroxyl groups excluding tert-OH is 1. The van der Waals surface area contributed by atoms with Crippen LogP contribution in [0.5, 0.6) is 0 Å². The molecule has 9 heteroatoms. The molecule has 0 aliphatic heterocycles. The van der Waals surface area contributed by atoms with E-state index in [1.54, 1.807) is 0 Å². The van der Waals surface area contributed by atoms with Gasteiger partial charge >= 0.3 is 15.5 Å². The minimum absolute atomic E-state index is 0.0300. The molecule has 30 heavy (non-hydrogen) atoms. The summed E-state index contributed by atoms with van der Waals surface area (Å²) in [6.45, 7) is 13.2. The molecule has 0 saturated carbocycles. The van der Waals surface area contributed by atoms with Crippen molar-refractivity contribution in [3.63, 3.8) is 0 Å². The van der Waals surface area contributed by atoms with E-state index >= 15 is 0 Å². The molecule has 0 aliphatic rings. The van der Waals surface area contributed by atoms with Crippen LogP contribution in [0.1, 0.15) is 64.7 Å². The fourth-order valence-electron chi connectivity index (χ4n) is 3.50. The maximum atomic E-state index is 13.0. The summed E-state index contributed by atoms with van der Waals surface area (Å²) >= 11 is 0. The third-order valence-electron chi connectivity index (χ3n) is 4.69. The van der Waals surface area contributed by atoms with Crippen LogP contribution in [0.25, 0.3) is 0 Å². The molecule has 0 aromatic heterocycles. The Morgan fingerprint density at radius 3 is 1.97 bits per heavy atom. The van der Waals surface area contributed by atoms with Gasteiger partial charge in [0.2, 0.25) is 0 Å². The first-order chi connectivity index (χ1) is 13.7. The number of aryl methyl sites for hydroxylation is 1. The second-order valence-electron chi connectivity index (χ2n) is 8.64. The molecule has 1 rings (SSSR count).